The number of hydrogen-bond acceptors (Lipinski definition) is 8. The molecule has 1 fully saturated rings. The molecule has 1 saturated heterocycles. The molecule has 2 N–H and O–H groups in total. The predicted molar refractivity (Wildman–Crippen MR) is 147 cm³/mol. The van der Waals surface area contributed by atoms with Gasteiger partial charge in [0.15, 0.2) is 5.11 Å². The van der Waals surface area contributed by atoms with Gasteiger partial charge in [-0.05, 0) is 42.8 Å². The smallest absolute Gasteiger partial charge is 0.308 e. The maximum absolute atomic E-state index is 12.5. The largest absolute Gasteiger partial charge is 0.490 e. The van der Waals surface area contributed by atoms with Crippen molar-refractivity contribution in [1.82, 2.24) is 15.5 Å². The summed E-state index contributed by atoms with van der Waals surface area (Å²) in [5.74, 6) is -1.29. The summed E-state index contributed by atoms with van der Waals surface area (Å²) in [6, 6.07) is 18.1. The highest BCUT2D eigenvalue weighted by Crippen LogP contribution is 2.12. The molecular weight excluding hydrogens is 522 g/mol. The van der Waals surface area contributed by atoms with Crippen LogP contribution in [0.5, 0.6) is 5.75 Å². The van der Waals surface area contributed by atoms with Gasteiger partial charge in [0, 0.05) is 19.5 Å². The van der Waals surface area contributed by atoms with Crippen LogP contribution in [0.15, 0.2) is 60.7 Å². The van der Waals surface area contributed by atoms with E-state index in [0.717, 1.165) is 12.0 Å². The summed E-state index contributed by atoms with van der Waals surface area (Å²) >= 11 is 5.33. The van der Waals surface area contributed by atoms with E-state index in [1.165, 1.54) is 4.90 Å². The molecule has 0 spiro atoms. The second-order valence-corrected chi connectivity index (χ2v) is 9.14. The van der Waals surface area contributed by atoms with Crippen LogP contribution in [0.1, 0.15) is 31.2 Å². The quantitative estimate of drug-likeness (QED) is 0.217. The van der Waals surface area contributed by atoms with Crippen molar-refractivity contribution in [3.05, 3.63) is 66.2 Å². The molecule has 1 unspecified atom stereocenters. The lowest BCUT2D eigenvalue weighted by atomic mass is 10.1. The van der Waals surface area contributed by atoms with Crippen molar-refractivity contribution in [2.75, 3.05) is 32.9 Å². The maximum atomic E-state index is 12.5. The number of carbonyl (C=O) groups is 4. The molecule has 2 aromatic rings. The summed E-state index contributed by atoms with van der Waals surface area (Å²) in [6.45, 7) is 1.07. The summed E-state index contributed by atoms with van der Waals surface area (Å²) in [5, 5.41) is 5.25. The highest BCUT2D eigenvalue weighted by Gasteiger charge is 2.34. The first-order chi connectivity index (χ1) is 18.9. The number of ether oxygens (including phenoxy) is 3. The highest BCUT2D eigenvalue weighted by molar-refractivity contribution is 7.80. The molecule has 1 aliphatic rings. The fourth-order valence-corrected chi connectivity index (χ4v) is 4.19. The molecule has 208 valence electrons. The van der Waals surface area contributed by atoms with Crippen LogP contribution in [-0.4, -0.2) is 72.7 Å². The Morgan fingerprint density at radius 2 is 1.62 bits per heavy atom. The van der Waals surface area contributed by atoms with Crippen molar-refractivity contribution in [2.24, 2.45) is 0 Å². The Morgan fingerprint density at radius 1 is 0.923 bits per heavy atom. The molecule has 0 saturated carbocycles. The Labute approximate surface area is 233 Å². The van der Waals surface area contributed by atoms with Crippen molar-refractivity contribution >= 4 is 41.1 Å². The number of thiocarbonyl (C=S) groups is 1. The summed E-state index contributed by atoms with van der Waals surface area (Å²) in [7, 11) is 0. The zero-order valence-electron chi connectivity index (χ0n) is 21.6. The van der Waals surface area contributed by atoms with E-state index in [-0.39, 0.29) is 44.2 Å². The molecule has 3 rings (SSSR count). The minimum atomic E-state index is -0.927. The van der Waals surface area contributed by atoms with Crippen LogP contribution >= 0.6 is 12.2 Å². The number of carbonyl (C=O) groups excluding carboxylic acids is 4. The monoisotopic (exact) mass is 555 g/mol. The van der Waals surface area contributed by atoms with Crippen LogP contribution in [0.25, 0.3) is 0 Å². The second kappa shape index (κ2) is 16.1. The average Bonchev–Trinajstić information content (AvgIpc) is 2.94. The first-order valence-corrected chi connectivity index (χ1v) is 13.2. The summed E-state index contributed by atoms with van der Waals surface area (Å²) in [6.07, 6.45) is 1.02. The van der Waals surface area contributed by atoms with Crippen LogP contribution < -0.4 is 15.4 Å². The maximum Gasteiger partial charge on any atom is 0.308 e. The topological polar surface area (TPSA) is 123 Å². The van der Waals surface area contributed by atoms with Gasteiger partial charge in [0.2, 0.25) is 11.8 Å². The number of nitrogens with zero attached hydrogens (tertiary/aromatic N) is 1. The van der Waals surface area contributed by atoms with Gasteiger partial charge in [-0.25, -0.2) is 0 Å². The van der Waals surface area contributed by atoms with Crippen LogP contribution in [0.2, 0.25) is 0 Å². The van der Waals surface area contributed by atoms with Gasteiger partial charge in [-0.3, -0.25) is 19.2 Å². The van der Waals surface area contributed by atoms with Crippen LogP contribution in [-0.2, 0) is 35.1 Å². The lowest BCUT2D eigenvalue weighted by Crippen LogP contribution is -2.60. The zero-order valence-corrected chi connectivity index (χ0v) is 22.5. The molecular formula is C28H33N3O7S. The lowest BCUT2D eigenvalue weighted by molar-refractivity contribution is -0.148. The fraction of sp³-hybridized carbons (Fsp3) is 0.393. The molecule has 0 radical (unpaired) electrons. The molecule has 39 heavy (non-hydrogen) atoms. The molecule has 0 bridgehead atoms. The fourth-order valence-electron chi connectivity index (χ4n) is 3.86. The third kappa shape index (κ3) is 10.7. The number of aryl methyl sites for hydroxylation is 1. The molecule has 10 nitrogen and oxygen atoms in total. The van der Waals surface area contributed by atoms with Crippen molar-refractivity contribution in [3.8, 4) is 5.75 Å². The first-order valence-electron chi connectivity index (χ1n) is 12.8. The second-order valence-electron chi connectivity index (χ2n) is 8.75. The Balaban J connectivity index is 1.35. The third-order valence-corrected chi connectivity index (χ3v) is 6.16. The molecule has 0 aromatic heterocycles. The summed E-state index contributed by atoms with van der Waals surface area (Å²) < 4.78 is 15.9. The van der Waals surface area contributed by atoms with E-state index in [1.807, 2.05) is 48.5 Å². The van der Waals surface area contributed by atoms with E-state index < -0.39 is 29.8 Å². The van der Waals surface area contributed by atoms with Gasteiger partial charge in [-0.2, -0.15) is 0 Å². The normalized spacial score (nSPS) is 14.6. The highest BCUT2D eigenvalue weighted by atomic mass is 32.1. The number of piperazine rings is 1. The molecule has 2 aromatic carbocycles. The molecule has 0 aliphatic carbocycles. The van der Waals surface area contributed by atoms with Crippen LogP contribution in [0.3, 0.4) is 0 Å². The summed E-state index contributed by atoms with van der Waals surface area (Å²) in [5.41, 5.74) is 1.16. The van der Waals surface area contributed by atoms with Gasteiger partial charge in [-0.15, -0.1) is 0 Å². The van der Waals surface area contributed by atoms with Gasteiger partial charge >= 0.3 is 11.9 Å². The van der Waals surface area contributed by atoms with E-state index in [9.17, 15) is 19.2 Å². The minimum absolute atomic E-state index is 0.0105. The van der Waals surface area contributed by atoms with Crippen LogP contribution in [0, 0.1) is 0 Å². The number of esters is 2. The Kier molecular flexibility index (Phi) is 12.2. The Morgan fingerprint density at radius 3 is 2.36 bits per heavy atom. The predicted octanol–water partition coefficient (Wildman–Crippen LogP) is 2.16. The van der Waals surface area contributed by atoms with Crippen LogP contribution in [0.4, 0.5) is 0 Å². The van der Waals surface area contributed by atoms with Gasteiger partial charge in [0.05, 0.1) is 19.4 Å². The number of rotatable bonds is 13. The molecule has 11 heteroatoms. The number of nitrogens with one attached hydrogen (secondary N) is 2. The SMILES string of the molecule is O=C(CCC(=O)OCCCc1ccccc1)NC(=S)N1CCNC(=O)C1CC(=O)OCCOc1ccccc1. The molecule has 2 amide bonds. The van der Waals surface area contributed by atoms with E-state index >= 15 is 0 Å². The third-order valence-electron chi connectivity index (χ3n) is 5.83. The summed E-state index contributed by atoms with van der Waals surface area (Å²) in [4.78, 5) is 50.7. The van der Waals surface area contributed by atoms with E-state index in [1.54, 1.807) is 12.1 Å². The van der Waals surface area contributed by atoms with Gasteiger partial charge in [0.1, 0.15) is 25.0 Å². The van der Waals surface area contributed by atoms with E-state index in [0.29, 0.717) is 25.3 Å². The molecule has 1 heterocycles. The standard InChI is InChI=1S/C28H33N3O7S/c32-24(13-14-25(33)37-17-7-10-21-8-3-1-4-9-21)30-28(39)31-16-15-29-27(35)23(31)20-26(34)38-19-18-36-22-11-5-2-6-12-22/h1-6,8-9,11-12,23H,7,10,13-20H2,(H,29,35)(H,30,32,39). The van der Waals surface area contributed by atoms with Gasteiger partial charge in [-0.1, -0.05) is 48.5 Å². The number of amides is 2. The van der Waals surface area contributed by atoms with Crippen molar-refractivity contribution in [1.29, 1.82) is 0 Å². The Hall–Kier alpha value is -3.99. The number of benzene rings is 2. The van der Waals surface area contributed by atoms with E-state index in [4.69, 9.17) is 26.4 Å². The molecule has 1 aliphatic heterocycles. The molecule has 1 atom stereocenters. The van der Waals surface area contributed by atoms with Crippen molar-refractivity contribution in [2.45, 2.75) is 38.1 Å². The number of hydrogen-bond donors (Lipinski definition) is 2. The first kappa shape index (κ1) is 29.6. The van der Waals surface area contributed by atoms with E-state index in [2.05, 4.69) is 10.6 Å². The van der Waals surface area contributed by atoms with Crippen molar-refractivity contribution < 1.29 is 33.4 Å². The minimum Gasteiger partial charge on any atom is -0.490 e. The van der Waals surface area contributed by atoms with Crippen molar-refractivity contribution in [3.63, 3.8) is 0 Å². The lowest BCUT2D eigenvalue weighted by Gasteiger charge is -2.36. The zero-order chi connectivity index (χ0) is 27.9. The van der Waals surface area contributed by atoms with Gasteiger partial charge in [0.25, 0.3) is 0 Å². The Bertz CT molecular complexity index is 1110. The average molecular weight is 556 g/mol. The number of para-hydroxylation sites is 1. The van der Waals surface area contributed by atoms with Gasteiger partial charge < -0.3 is 29.7 Å².